The number of nitrogens with zero attached hydrogens (tertiary/aromatic N) is 3. The van der Waals surface area contributed by atoms with Gasteiger partial charge in [0.05, 0.1) is 9.79 Å². The first-order valence-corrected chi connectivity index (χ1v) is 10.6. The fourth-order valence-corrected chi connectivity index (χ4v) is 3.21. The van der Waals surface area contributed by atoms with Crippen molar-refractivity contribution >= 4 is 49.5 Å². The first-order valence-electron chi connectivity index (χ1n) is 7.71. The largest absolute Gasteiger partial charge is 0.368 e. The molecule has 0 bridgehead atoms. The van der Waals surface area contributed by atoms with Crippen LogP contribution in [-0.4, -0.2) is 40.9 Å². The molecule has 0 aliphatic carbocycles. The Morgan fingerprint density at radius 3 is 1.83 bits per heavy atom. The van der Waals surface area contributed by atoms with Crippen molar-refractivity contribution < 1.29 is 25.9 Å². The van der Waals surface area contributed by atoms with E-state index in [0.29, 0.717) is 5.69 Å². The minimum Gasteiger partial charge on any atom is -0.368 e. The number of hydrogen-bond donors (Lipinski definition) is 5. The molecule has 0 amide bonds. The summed E-state index contributed by atoms with van der Waals surface area (Å²) in [7, 11) is -8.69. The molecule has 0 saturated carbocycles. The molecular weight excluding hydrogens is 424 g/mol. The third kappa shape index (κ3) is 5.35. The van der Waals surface area contributed by atoms with E-state index in [1.54, 1.807) is 0 Å². The van der Waals surface area contributed by atoms with Crippen LogP contribution in [0.1, 0.15) is 0 Å². The van der Waals surface area contributed by atoms with Gasteiger partial charge in [-0.05, 0) is 42.5 Å². The van der Waals surface area contributed by atoms with E-state index in [9.17, 15) is 16.8 Å². The number of nitrogen functional groups attached to an aromatic ring is 1. The van der Waals surface area contributed by atoms with Crippen LogP contribution in [0.25, 0.3) is 0 Å². The Kier molecular flexibility index (Phi) is 5.34. The van der Waals surface area contributed by atoms with Crippen molar-refractivity contribution in [1.82, 2.24) is 15.0 Å². The van der Waals surface area contributed by atoms with Crippen LogP contribution in [0.4, 0.5) is 29.2 Å². The number of nitrogens with one attached hydrogen (secondary N) is 2. The van der Waals surface area contributed by atoms with E-state index in [2.05, 4.69) is 25.6 Å². The van der Waals surface area contributed by atoms with Crippen LogP contribution in [0.3, 0.4) is 0 Å². The van der Waals surface area contributed by atoms with E-state index < -0.39 is 20.2 Å². The molecule has 0 aliphatic rings. The Morgan fingerprint density at radius 1 is 0.724 bits per heavy atom. The molecular formula is C15H14N6O6S2. The lowest BCUT2D eigenvalue weighted by atomic mass is 10.3. The highest BCUT2D eigenvalue weighted by molar-refractivity contribution is 7.86. The van der Waals surface area contributed by atoms with E-state index in [0.717, 1.165) is 0 Å². The molecule has 14 heteroatoms. The second-order valence-electron chi connectivity index (χ2n) is 5.59. The summed E-state index contributed by atoms with van der Waals surface area (Å²) in [5.74, 6) is -0.141. The van der Waals surface area contributed by atoms with Crippen LogP contribution in [0.2, 0.25) is 0 Å². The van der Waals surface area contributed by atoms with Crippen LogP contribution in [0.15, 0.2) is 58.3 Å². The lowest BCUT2D eigenvalue weighted by Crippen LogP contribution is -2.07. The van der Waals surface area contributed by atoms with Crippen LogP contribution in [-0.2, 0) is 20.2 Å². The molecule has 2 aromatic carbocycles. The van der Waals surface area contributed by atoms with Crippen molar-refractivity contribution in [3.05, 3.63) is 48.5 Å². The lowest BCUT2D eigenvalue weighted by Gasteiger charge is -2.09. The van der Waals surface area contributed by atoms with Crippen molar-refractivity contribution in [3.8, 4) is 0 Å². The molecule has 1 aromatic heterocycles. The Bertz CT molecular complexity index is 1260. The summed E-state index contributed by atoms with van der Waals surface area (Å²) in [6.45, 7) is 0. The first-order chi connectivity index (χ1) is 13.5. The molecule has 3 aromatic rings. The SMILES string of the molecule is Nc1nc(Nc2ccc(S(=O)(=O)O)cc2)nc(Nc2cccc(S(=O)(=O)O)c2)n1. The van der Waals surface area contributed by atoms with Crippen LogP contribution in [0.5, 0.6) is 0 Å². The van der Waals surface area contributed by atoms with E-state index in [1.807, 2.05) is 0 Å². The third-order valence-corrected chi connectivity index (χ3v) is 5.17. The molecule has 0 spiro atoms. The monoisotopic (exact) mass is 438 g/mol. The second kappa shape index (κ2) is 7.59. The van der Waals surface area contributed by atoms with Gasteiger partial charge in [0.2, 0.25) is 17.8 Å². The number of aromatic nitrogens is 3. The Hall–Kier alpha value is -3.33. The zero-order chi connectivity index (χ0) is 21.2. The molecule has 29 heavy (non-hydrogen) atoms. The van der Waals surface area contributed by atoms with Gasteiger partial charge in [-0.1, -0.05) is 6.07 Å². The summed E-state index contributed by atoms with van der Waals surface area (Å²) < 4.78 is 62.7. The van der Waals surface area contributed by atoms with Gasteiger partial charge in [-0.3, -0.25) is 9.11 Å². The van der Waals surface area contributed by atoms with Crippen molar-refractivity contribution in [2.75, 3.05) is 16.4 Å². The lowest BCUT2D eigenvalue weighted by molar-refractivity contribution is 0.481. The normalized spacial score (nSPS) is 11.8. The molecule has 152 valence electrons. The summed E-state index contributed by atoms with van der Waals surface area (Å²) in [4.78, 5) is 11.3. The van der Waals surface area contributed by atoms with E-state index in [1.165, 1.54) is 48.5 Å². The number of nitrogens with two attached hydrogens (primary N) is 1. The average Bonchev–Trinajstić information content (AvgIpc) is 2.60. The predicted octanol–water partition coefficient (Wildman–Crippen LogP) is 1.43. The van der Waals surface area contributed by atoms with E-state index in [-0.39, 0.29) is 33.3 Å². The standard InChI is InChI=1S/C15H14N6O6S2/c16-13-19-14(17-9-4-6-11(7-5-9)28(22,23)24)21-15(20-13)18-10-2-1-3-12(8-10)29(25,26)27/h1-8H,(H,22,23,24)(H,25,26,27)(H4,16,17,18,19,20,21). The molecule has 0 fully saturated rings. The Balaban J connectivity index is 1.83. The van der Waals surface area contributed by atoms with Gasteiger partial charge < -0.3 is 16.4 Å². The Labute approximate surface area is 165 Å². The van der Waals surface area contributed by atoms with Gasteiger partial charge in [0.15, 0.2) is 0 Å². The molecule has 3 rings (SSSR count). The number of rotatable bonds is 6. The highest BCUT2D eigenvalue weighted by Crippen LogP contribution is 2.21. The first kappa shape index (κ1) is 20.4. The molecule has 1 heterocycles. The predicted molar refractivity (Wildman–Crippen MR) is 103 cm³/mol. The van der Waals surface area contributed by atoms with Gasteiger partial charge in [-0.25, -0.2) is 0 Å². The molecule has 0 radical (unpaired) electrons. The minimum absolute atomic E-state index is 0.0120. The fourth-order valence-electron chi connectivity index (χ4n) is 2.21. The number of hydrogen-bond acceptors (Lipinski definition) is 10. The number of anilines is 5. The molecule has 0 saturated heterocycles. The molecule has 0 aliphatic heterocycles. The second-order valence-corrected chi connectivity index (χ2v) is 8.44. The van der Waals surface area contributed by atoms with E-state index in [4.69, 9.17) is 14.8 Å². The van der Waals surface area contributed by atoms with Gasteiger partial charge >= 0.3 is 0 Å². The summed E-state index contributed by atoms with van der Waals surface area (Å²) >= 11 is 0. The maximum atomic E-state index is 11.2. The summed E-state index contributed by atoms with van der Waals surface area (Å²) in [5, 5.41) is 5.53. The van der Waals surface area contributed by atoms with Gasteiger partial charge in [0.1, 0.15) is 0 Å². The van der Waals surface area contributed by atoms with Crippen molar-refractivity contribution in [1.29, 1.82) is 0 Å². The van der Waals surface area contributed by atoms with Gasteiger partial charge in [0, 0.05) is 11.4 Å². The van der Waals surface area contributed by atoms with Crippen molar-refractivity contribution in [3.63, 3.8) is 0 Å². The topological polar surface area (TPSA) is 197 Å². The average molecular weight is 438 g/mol. The summed E-state index contributed by atoms with van der Waals surface area (Å²) in [6, 6.07) is 10.5. The maximum absolute atomic E-state index is 11.2. The van der Waals surface area contributed by atoms with Crippen LogP contribution in [0, 0.1) is 0 Å². The van der Waals surface area contributed by atoms with Crippen molar-refractivity contribution in [2.45, 2.75) is 9.79 Å². The van der Waals surface area contributed by atoms with Gasteiger partial charge in [-0.15, -0.1) is 0 Å². The maximum Gasteiger partial charge on any atom is 0.294 e. The zero-order valence-electron chi connectivity index (χ0n) is 14.4. The summed E-state index contributed by atoms with van der Waals surface area (Å²) in [6.07, 6.45) is 0. The van der Waals surface area contributed by atoms with Crippen LogP contribution < -0.4 is 16.4 Å². The smallest absolute Gasteiger partial charge is 0.294 e. The minimum atomic E-state index is -4.38. The number of benzene rings is 2. The third-order valence-electron chi connectivity index (χ3n) is 3.45. The quantitative estimate of drug-likeness (QED) is 0.347. The van der Waals surface area contributed by atoms with Crippen LogP contribution >= 0.6 is 0 Å². The molecule has 0 unspecified atom stereocenters. The zero-order valence-corrected chi connectivity index (χ0v) is 16.0. The summed E-state index contributed by atoms with van der Waals surface area (Å²) in [5.41, 5.74) is 6.33. The fraction of sp³-hybridized carbons (Fsp3) is 0. The molecule has 0 atom stereocenters. The van der Waals surface area contributed by atoms with Gasteiger partial charge in [-0.2, -0.15) is 31.8 Å². The molecule has 12 nitrogen and oxygen atoms in total. The molecule has 6 N–H and O–H groups in total. The highest BCUT2D eigenvalue weighted by atomic mass is 32.2. The van der Waals surface area contributed by atoms with Crippen molar-refractivity contribution in [2.24, 2.45) is 0 Å². The van der Waals surface area contributed by atoms with Gasteiger partial charge in [0.25, 0.3) is 20.2 Å². The highest BCUT2D eigenvalue weighted by Gasteiger charge is 2.12. The van der Waals surface area contributed by atoms with E-state index >= 15 is 0 Å². The Morgan fingerprint density at radius 2 is 1.28 bits per heavy atom.